The molecule has 134 valence electrons. The number of fused-ring (bicyclic) bond motifs is 2. The molecule has 9 heteroatoms. The SMILES string of the molecule is CN1CC(c2ccc3nnc(Sc4ccc5ncccc5c4F)n3n2)C=N1. The molecular formula is C18H14FN7S. The van der Waals surface area contributed by atoms with E-state index in [4.69, 9.17) is 0 Å². The summed E-state index contributed by atoms with van der Waals surface area (Å²) in [6.07, 6.45) is 3.52. The van der Waals surface area contributed by atoms with Crippen LogP contribution in [-0.4, -0.2) is 49.6 Å². The zero-order valence-corrected chi connectivity index (χ0v) is 15.1. The average Bonchev–Trinajstić information content (AvgIpc) is 3.30. The molecule has 4 aromatic rings. The van der Waals surface area contributed by atoms with Crippen molar-refractivity contribution in [2.24, 2.45) is 5.10 Å². The van der Waals surface area contributed by atoms with Gasteiger partial charge in [-0.05, 0) is 48.2 Å². The van der Waals surface area contributed by atoms with Crippen LogP contribution in [-0.2, 0) is 0 Å². The number of pyridine rings is 1. The second-order valence-electron chi connectivity index (χ2n) is 6.27. The molecule has 0 saturated heterocycles. The molecule has 1 atom stereocenters. The van der Waals surface area contributed by atoms with E-state index in [1.165, 1.54) is 11.8 Å². The molecule has 0 fully saturated rings. The van der Waals surface area contributed by atoms with E-state index >= 15 is 0 Å². The number of nitrogens with zero attached hydrogens (tertiary/aromatic N) is 7. The van der Waals surface area contributed by atoms with Crippen molar-refractivity contribution in [3.05, 3.63) is 54.1 Å². The molecule has 27 heavy (non-hydrogen) atoms. The number of hydrogen-bond donors (Lipinski definition) is 0. The molecule has 1 unspecified atom stereocenters. The van der Waals surface area contributed by atoms with Gasteiger partial charge in [-0.25, -0.2) is 4.39 Å². The van der Waals surface area contributed by atoms with Gasteiger partial charge in [0, 0.05) is 31.4 Å². The molecule has 0 bridgehead atoms. The minimum Gasteiger partial charge on any atom is -0.299 e. The number of rotatable bonds is 3. The van der Waals surface area contributed by atoms with E-state index in [0.29, 0.717) is 26.6 Å². The first-order valence-electron chi connectivity index (χ1n) is 8.38. The van der Waals surface area contributed by atoms with E-state index in [0.717, 1.165) is 12.2 Å². The van der Waals surface area contributed by atoms with Crippen LogP contribution >= 0.6 is 11.8 Å². The van der Waals surface area contributed by atoms with Gasteiger partial charge in [0.05, 0.1) is 22.0 Å². The smallest absolute Gasteiger partial charge is 0.217 e. The van der Waals surface area contributed by atoms with Crippen molar-refractivity contribution in [2.45, 2.75) is 16.0 Å². The summed E-state index contributed by atoms with van der Waals surface area (Å²) in [5.74, 6) is -0.203. The predicted octanol–water partition coefficient (Wildman–Crippen LogP) is 2.98. The van der Waals surface area contributed by atoms with Crippen molar-refractivity contribution in [1.82, 2.24) is 29.8 Å². The molecule has 0 aliphatic carbocycles. The maximum absolute atomic E-state index is 14.9. The molecule has 1 aliphatic rings. The lowest BCUT2D eigenvalue weighted by Gasteiger charge is -2.10. The van der Waals surface area contributed by atoms with Crippen LogP contribution in [0.4, 0.5) is 4.39 Å². The maximum atomic E-state index is 14.9. The van der Waals surface area contributed by atoms with Gasteiger partial charge < -0.3 is 0 Å². The summed E-state index contributed by atoms with van der Waals surface area (Å²) in [5.41, 5.74) is 2.11. The van der Waals surface area contributed by atoms with Gasteiger partial charge in [-0.2, -0.15) is 14.7 Å². The van der Waals surface area contributed by atoms with E-state index < -0.39 is 0 Å². The first-order chi connectivity index (χ1) is 13.2. The fraction of sp³-hybridized carbons (Fsp3) is 0.167. The lowest BCUT2D eigenvalue weighted by Crippen LogP contribution is -2.14. The second kappa shape index (κ2) is 6.27. The quantitative estimate of drug-likeness (QED) is 0.545. The molecule has 1 aliphatic heterocycles. The largest absolute Gasteiger partial charge is 0.299 e. The molecule has 5 rings (SSSR count). The fourth-order valence-corrected chi connectivity index (χ4v) is 3.90. The molecule has 0 saturated carbocycles. The number of likely N-dealkylation sites (N-methyl/N-ethyl adjacent to an activating group) is 1. The Bertz CT molecular complexity index is 1190. The average molecular weight is 379 g/mol. The third-order valence-corrected chi connectivity index (χ3v) is 5.40. The molecule has 0 N–H and O–H groups in total. The van der Waals surface area contributed by atoms with Gasteiger partial charge in [0.1, 0.15) is 5.82 Å². The van der Waals surface area contributed by atoms with Gasteiger partial charge in [0.25, 0.3) is 0 Å². The minimum absolute atomic E-state index is 0.114. The van der Waals surface area contributed by atoms with Gasteiger partial charge in [0.15, 0.2) is 5.65 Å². The Balaban J connectivity index is 1.54. The lowest BCUT2D eigenvalue weighted by molar-refractivity contribution is 0.379. The first kappa shape index (κ1) is 16.1. The topological polar surface area (TPSA) is 71.6 Å². The number of hydrazone groups is 1. The van der Waals surface area contributed by atoms with Crippen molar-refractivity contribution in [3.63, 3.8) is 0 Å². The summed E-state index contributed by atoms with van der Waals surface area (Å²) in [6, 6.07) is 10.7. The molecule has 0 radical (unpaired) electrons. The second-order valence-corrected chi connectivity index (χ2v) is 7.28. The Labute approximate surface area is 157 Å². The Hall–Kier alpha value is -3.07. The van der Waals surface area contributed by atoms with Crippen molar-refractivity contribution >= 4 is 34.5 Å². The van der Waals surface area contributed by atoms with Crippen LogP contribution in [0.15, 0.2) is 57.7 Å². The maximum Gasteiger partial charge on any atom is 0.217 e. The lowest BCUT2D eigenvalue weighted by atomic mass is 10.1. The van der Waals surface area contributed by atoms with E-state index in [1.54, 1.807) is 35.0 Å². The monoisotopic (exact) mass is 379 g/mol. The summed E-state index contributed by atoms with van der Waals surface area (Å²) >= 11 is 1.20. The highest BCUT2D eigenvalue weighted by Gasteiger charge is 2.20. The van der Waals surface area contributed by atoms with Crippen LogP contribution < -0.4 is 0 Å². The fourth-order valence-electron chi connectivity index (χ4n) is 3.06. The minimum atomic E-state index is -0.317. The van der Waals surface area contributed by atoms with Crippen molar-refractivity contribution in [1.29, 1.82) is 0 Å². The third-order valence-electron chi connectivity index (χ3n) is 4.42. The van der Waals surface area contributed by atoms with E-state index in [2.05, 4.69) is 25.4 Å². The molecule has 4 heterocycles. The van der Waals surface area contributed by atoms with Crippen molar-refractivity contribution in [3.8, 4) is 0 Å². The number of benzene rings is 1. The van der Waals surface area contributed by atoms with Gasteiger partial charge in [0.2, 0.25) is 5.16 Å². The zero-order chi connectivity index (χ0) is 18.4. The molecular weight excluding hydrogens is 365 g/mol. The molecule has 7 nitrogen and oxygen atoms in total. The van der Waals surface area contributed by atoms with Crippen LogP contribution in [0.1, 0.15) is 11.6 Å². The number of halogens is 1. The molecule has 0 amide bonds. The van der Waals surface area contributed by atoms with E-state index in [1.807, 2.05) is 30.4 Å². The van der Waals surface area contributed by atoms with Crippen LogP contribution in [0, 0.1) is 5.82 Å². The molecule has 0 spiro atoms. The predicted molar refractivity (Wildman–Crippen MR) is 100 cm³/mol. The van der Waals surface area contributed by atoms with E-state index in [-0.39, 0.29) is 11.7 Å². The summed E-state index contributed by atoms with van der Waals surface area (Å²) in [4.78, 5) is 4.64. The highest BCUT2D eigenvalue weighted by molar-refractivity contribution is 7.99. The van der Waals surface area contributed by atoms with Crippen LogP contribution in [0.2, 0.25) is 0 Å². The molecule has 3 aromatic heterocycles. The first-order valence-corrected chi connectivity index (χ1v) is 9.19. The molecule has 1 aromatic carbocycles. The van der Waals surface area contributed by atoms with Gasteiger partial charge in [-0.15, -0.1) is 10.2 Å². The van der Waals surface area contributed by atoms with Gasteiger partial charge in [-0.1, -0.05) is 0 Å². The van der Waals surface area contributed by atoms with E-state index in [9.17, 15) is 4.39 Å². The van der Waals surface area contributed by atoms with Crippen molar-refractivity contribution in [2.75, 3.05) is 13.6 Å². The van der Waals surface area contributed by atoms with Crippen LogP contribution in [0.25, 0.3) is 16.6 Å². The summed E-state index contributed by atoms with van der Waals surface area (Å²) in [6.45, 7) is 0.773. The Morgan fingerprint density at radius 2 is 2.07 bits per heavy atom. The van der Waals surface area contributed by atoms with Crippen LogP contribution in [0.3, 0.4) is 0 Å². The van der Waals surface area contributed by atoms with Crippen molar-refractivity contribution < 1.29 is 4.39 Å². The third kappa shape index (κ3) is 2.80. The number of aromatic nitrogens is 5. The Kier molecular flexibility index (Phi) is 3.75. The Morgan fingerprint density at radius 3 is 2.93 bits per heavy atom. The summed E-state index contributed by atoms with van der Waals surface area (Å²) < 4.78 is 16.5. The zero-order valence-electron chi connectivity index (χ0n) is 14.3. The highest BCUT2D eigenvalue weighted by atomic mass is 32.2. The number of hydrogen-bond acceptors (Lipinski definition) is 7. The highest BCUT2D eigenvalue weighted by Crippen LogP contribution is 2.32. The normalized spacial score (nSPS) is 16.7. The standard InChI is InChI=1S/C18H14FN7S/c1-25-10-11(9-21-25)13-5-7-16-22-23-18(26(16)24-13)27-15-6-4-14-12(17(15)19)3-2-8-20-14/h2-9,11H,10H2,1H3. The Morgan fingerprint density at radius 1 is 1.15 bits per heavy atom. The van der Waals surface area contributed by atoms with Crippen LogP contribution in [0.5, 0.6) is 0 Å². The summed E-state index contributed by atoms with van der Waals surface area (Å²) in [7, 11) is 1.92. The van der Waals surface area contributed by atoms with Gasteiger partial charge >= 0.3 is 0 Å². The van der Waals surface area contributed by atoms with Gasteiger partial charge in [-0.3, -0.25) is 9.99 Å². The summed E-state index contributed by atoms with van der Waals surface area (Å²) in [5, 5.41) is 20.1.